The molecule has 1 unspecified atom stereocenters. The van der Waals surface area contributed by atoms with Gasteiger partial charge in [-0.05, 0) is 30.4 Å². The highest BCUT2D eigenvalue weighted by Crippen LogP contribution is 2.37. The number of rotatable bonds is 5. The van der Waals surface area contributed by atoms with Crippen molar-refractivity contribution in [2.24, 2.45) is 11.8 Å². The highest BCUT2D eigenvalue weighted by Gasteiger charge is 2.52. The molecule has 1 fully saturated rings. The number of halogens is 3. The van der Waals surface area contributed by atoms with E-state index in [9.17, 15) is 22.8 Å². The van der Waals surface area contributed by atoms with Gasteiger partial charge in [-0.2, -0.15) is 13.2 Å². The SMILES string of the molecule is O=C(CCN1C[C@@H](C(F)(F)F)[C@H](C(=O)O)C1)NC1CCCc2ccccc21. The maximum Gasteiger partial charge on any atom is 0.393 e. The highest BCUT2D eigenvalue weighted by molar-refractivity contribution is 5.77. The number of hydrogen-bond acceptors (Lipinski definition) is 3. The van der Waals surface area contributed by atoms with Gasteiger partial charge in [0.05, 0.1) is 17.9 Å². The van der Waals surface area contributed by atoms with Crippen LogP contribution < -0.4 is 5.32 Å². The molecule has 5 nitrogen and oxygen atoms in total. The molecule has 148 valence electrons. The van der Waals surface area contributed by atoms with Crippen LogP contribution in [0.5, 0.6) is 0 Å². The quantitative estimate of drug-likeness (QED) is 0.819. The first-order chi connectivity index (χ1) is 12.8. The Morgan fingerprint density at radius 3 is 2.63 bits per heavy atom. The van der Waals surface area contributed by atoms with Crippen molar-refractivity contribution in [1.82, 2.24) is 10.2 Å². The minimum atomic E-state index is -4.55. The van der Waals surface area contributed by atoms with Crippen LogP contribution in [0.15, 0.2) is 24.3 Å². The van der Waals surface area contributed by atoms with E-state index >= 15 is 0 Å². The van der Waals surface area contributed by atoms with Crippen molar-refractivity contribution in [3.8, 4) is 0 Å². The standard InChI is InChI=1S/C19H23F3N2O3/c20-19(21,22)15-11-24(10-14(15)18(26)27)9-8-17(25)23-16-7-3-5-12-4-1-2-6-13(12)16/h1-2,4,6,14-16H,3,5,7-11H2,(H,23,25)(H,26,27)/t14-,15-,16?/m1/s1. The summed E-state index contributed by atoms with van der Waals surface area (Å²) in [5, 5.41) is 12.0. The normalized spacial score (nSPS) is 25.8. The summed E-state index contributed by atoms with van der Waals surface area (Å²) < 4.78 is 39.1. The molecule has 1 amide bonds. The number of carboxylic acid groups (broad SMARTS) is 1. The van der Waals surface area contributed by atoms with Crippen molar-refractivity contribution in [3.63, 3.8) is 0 Å². The summed E-state index contributed by atoms with van der Waals surface area (Å²) in [4.78, 5) is 24.8. The molecule has 0 radical (unpaired) electrons. The van der Waals surface area contributed by atoms with Crippen LogP contribution in [-0.2, 0) is 16.0 Å². The van der Waals surface area contributed by atoms with Crippen molar-refractivity contribution in [3.05, 3.63) is 35.4 Å². The summed E-state index contributed by atoms with van der Waals surface area (Å²) in [5.41, 5.74) is 2.31. The second-order valence-electron chi connectivity index (χ2n) is 7.31. The van der Waals surface area contributed by atoms with Gasteiger partial charge in [0, 0.05) is 26.1 Å². The molecule has 0 saturated carbocycles. The van der Waals surface area contributed by atoms with Gasteiger partial charge in [0.1, 0.15) is 0 Å². The molecule has 1 aliphatic heterocycles. The highest BCUT2D eigenvalue weighted by atomic mass is 19.4. The van der Waals surface area contributed by atoms with Gasteiger partial charge in [0.15, 0.2) is 0 Å². The fraction of sp³-hybridized carbons (Fsp3) is 0.579. The fourth-order valence-electron chi connectivity index (χ4n) is 4.08. The van der Waals surface area contributed by atoms with Crippen molar-refractivity contribution in [1.29, 1.82) is 0 Å². The lowest BCUT2D eigenvalue weighted by Crippen LogP contribution is -2.34. The Balaban J connectivity index is 1.54. The minimum absolute atomic E-state index is 0.0512. The first kappa shape index (κ1) is 19.7. The van der Waals surface area contributed by atoms with E-state index in [0.29, 0.717) is 0 Å². The van der Waals surface area contributed by atoms with E-state index in [-0.39, 0.29) is 38.0 Å². The van der Waals surface area contributed by atoms with Crippen LogP contribution in [0.3, 0.4) is 0 Å². The summed E-state index contributed by atoms with van der Waals surface area (Å²) >= 11 is 0. The molecule has 2 aliphatic rings. The summed E-state index contributed by atoms with van der Waals surface area (Å²) in [6, 6.07) is 7.85. The van der Waals surface area contributed by atoms with Gasteiger partial charge in [0.25, 0.3) is 0 Å². The number of nitrogens with one attached hydrogen (secondary N) is 1. The van der Waals surface area contributed by atoms with Crippen LogP contribution in [0, 0.1) is 11.8 Å². The van der Waals surface area contributed by atoms with Crippen LogP contribution in [0.4, 0.5) is 13.2 Å². The second kappa shape index (κ2) is 7.88. The van der Waals surface area contributed by atoms with E-state index in [2.05, 4.69) is 5.32 Å². The molecule has 8 heteroatoms. The lowest BCUT2D eigenvalue weighted by molar-refractivity contribution is -0.188. The number of alkyl halides is 3. The largest absolute Gasteiger partial charge is 0.481 e. The Bertz CT molecular complexity index is 708. The molecule has 1 aromatic carbocycles. The Kier molecular flexibility index (Phi) is 5.74. The van der Waals surface area contributed by atoms with Gasteiger partial charge in [-0.15, -0.1) is 0 Å². The van der Waals surface area contributed by atoms with E-state index in [4.69, 9.17) is 5.11 Å². The number of likely N-dealkylation sites (tertiary alicyclic amines) is 1. The first-order valence-corrected chi connectivity index (χ1v) is 9.14. The Morgan fingerprint density at radius 1 is 1.22 bits per heavy atom. The van der Waals surface area contributed by atoms with Crippen LogP contribution in [0.1, 0.15) is 36.4 Å². The van der Waals surface area contributed by atoms with Gasteiger partial charge in [0.2, 0.25) is 5.91 Å². The predicted molar refractivity (Wildman–Crippen MR) is 92.0 cm³/mol. The van der Waals surface area contributed by atoms with E-state index in [1.165, 1.54) is 10.5 Å². The number of aliphatic carboxylic acids is 1. The van der Waals surface area contributed by atoms with E-state index in [0.717, 1.165) is 24.8 Å². The lowest BCUT2D eigenvalue weighted by Gasteiger charge is -2.26. The summed E-state index contributed by atoms with van der Waals surface area (Å²) in [7, 11) is 0. The maximum atomic E-state index is 13.0. The molecule has 3 rings (SSSR count). The molecule has 1 saturated heterocycles. The molecule has 27 heavy (non-hydrogen) atoms. The predicted octanol–water partition coefficient (Wildman–Crippen LogP) is 2.77. The molecule has 3 atom stereocenters. The molecule has 0 bridgehead atoms. The summed E-state index contributed by atoms with van der Waals surface area (Å²) in [6.07, 6.45) is -1.71. The van der Waals surface area contributed by atoms with E-state index in [1.807, 2.05) is 24.3 Å². The Hall–Kier alpha value is -2.09. The fourth-order valence-corrected chi connectivity index (χ4v) is 4.08. The number of carboxylic acids is 1. The number of aryl methyl sites for hydroxylation is 1. The Labute approximate surface area is 155 Å². The van der Waals surface area contributed by atoms with E-state index in [1.54, 1.807) is 0 Å². The van der Waals surface area contributed by atoms with Crippen LogP contribution in [-0.4, -0.2) is 47.7 Å². The zero-order valence-corrected chi connectivity index (χ0v) is 14.8. The molecule has 1 aromatic rings. The van der Waals surface area contributed by atoms with Crippen molar-refractivity contribution in [2.75, 3.05) is 19.6 Å². The van der Waals surface area contributed by atoms with Crippen LogP contribution >= 0.6 is 0 Å². The number of hydrogen-bond donors (Lipinski definition) is 2. The number of fused-ring (bicyclic) bond motifs is 1. The zero-order valence-electron chi connectivity index (χ0n) is 14.8. The Morgan fingerprint density at radius 2 is 1.96 bits per heavy atom. The number of carbonyl (C=O) groups is 2. The monoisotopic (exact) mass is 384 g/mol. The van der Waals surface area contributed by atoms with Gasteiger partial charge in [-0.3, -0.25) is 9.59 Å². The molecule has 1 heterocycles. The third-order valence-corrected chi connectivity index (χ3v) is 5.49. The maximum absolute atomic E-state index is 13.0. The van der Waals surface area contributed by atoms with Gasteiger partial charge in [-0.1, -0.05) is 24.3 Å². The number of carbonyl (C=O) groups excluding carboxylic acids is 1. The van der Waals surface area contributed by atoms with Crippen LogP contribution in [0.2, 0.25) is 0 Å². The number of amides is 1. The van der Waals surface area contributed by atoms with Gasteiger partial charge >= 0.3 is 12.1 Å². The third-order valence-electron chi connectivity index (χ3n) is 5.49. The van der Waals surface area contributed by atoms with Crippen LogP contribution in [0.25, 0.3) is 0 Å². The molecule has 0 spiro atoms. The molecule has 1 aliphatic carbocycles. The zero-order chi connectivity index (χ0) is 19.6. The van der Waals surface area contributed by atoms with Gasteiger partial charge < -0.3 is 15.3 Å². The average molecular weight is 384 g/mol. The second-order valence-corrected chi connectivity index (χ2v) is 7.31. The van der Waals surface area contributed by atoms with Crippen molar-refractivity contribution < 1.29 is 27.9 Å². The van der Waals surface area contributed by atoms with Crippen molar-refractivity contribution in [2.45, 2.75) is 37.9 Å². The third kappa shape index (κ3) is 4.61. The summed E-state index contributed by atoms with van der Waals surface area (Å²) in [5.74, 6) is -5.02. The van der Waals surface area contributed by atoms with E-state index < -0.39 is 24.0 Å². The molecule has 0 aromatic heterocycles. The van der Waals surface area contributed by atoms with Gasteiger partial charge in [-0.25, -0.2) is 0 Å². The first-order valence-electron chi connectivity index (χ1n) is 9.14. The lowest BCUT2D eigenvalue weighted by atomic mass is 9.87. The molecular formula is C19H23F3N2O3. The smallest absolute Gasteiger partial charge is 0.393 e. The number of benzene rings is 1. The minimum Gasteiger partial charge on any atom is -0.481 e. The topological polar surface area (TPSA) is 69.6 Å². The average Bonchev–Trinajstić information content (AvgIpc) is 3.05. The van der Waals surface area contributed by atoms with Crippen molar-refractivity contribution >= 4 is 11.9 Å². The molecule has 2 N–H and O–H groups in total. The number of nitrogens with zero attached hydrogens (tertiary/aromatic N) is 1. The summed E-state index contributed by atoms with van der Waals surface area (Å²) in [6.45, 7) is -0.435. The molecular weight excluding hydrogens is 361 g/mol.